The van der Waals surface area contributed by atoms with E-state index >= 15 is 0 Å². The van der Waals surface area contributed by atoms with E-state index in [1.807, 2.05) is 0 Å². The molecule has 0 amide bonds. The third-order valence-electron chi connectivity index (χ3n) is 13.0. The monoisotopic (exact) mass is 310 g/mol. The summed E-state index contributed by atoms with van der Waals surface area (Å²) in [4.78, 5) is 0. The highest BCUT2D eigenvalue weighted by atomic mass is 16.4. The van der Waals surface area contributed by atoms with Crippen LogP contribution in [0.15, 0.2) is 0 Å². The van der Waals surface area contributed by atoms with Gasteiger partial charge in [0.15, 0.2) is 0 Å². The second-order valence-electron chi connectivity index (χ2n) is 11.6. The maximum absolute atomic E-state index is 12.6. The molecule has 10 aliphatic rings. The smallest absolute Gasteiger partial charge is 0.106 e. The summed E-state index contributed by atoms with van der Waals surface area (Å²) >= 11 is 0. The lowest BCUT2D eigenvalue weighted by atomic mass is 9.59. The summed E-state index contributed by atoms with van der Waals surface area (Å²) in [5.74, 6) is 6.85. The van der Waals surface area contributed by atoms with Gasteiger partial charge in [0.2, 0.25) is 0 Å². The van der Waals surface area contributed by atoms with Gasteiger partial charge in [-0.1, -0.05) is 19.8 Å². The molecule has 2 heteroatoms. The summed E-state index contributed by atoms with van der Waals surface area (Å²) in [6.07, 6.45) is 7.85. The third-order valence-corrected chi connectivity index (χ3v) is 13.0. The summed E-state index contributed by atoms with van der Waals surface area (Å²) in [5.41, 5.74) is -1.03. The molecule has 0 aromatic rings. The lowest BCUT2D eigenvalue weighted by molar-refractivity contribution is -0.224. The van der Waals surface area contributed by atoms with Gasteiger partial charge in [0, 0.05) is 16.2 Å². The fourth-order valence-electron chi connectivity index (χ4n) is 14.4. The van der Waals surface area contributed by atoms with Crippen molar-refractivity contribution in [2.45, 2.75) is 56.7 Å². The second kappa shape index (κ2) is 2.42. The minimum Gasteiger partial charge on any atom is -0.386 e. The minimum absolute atomic E-state index is 0.0707. The van der Waals surface area contributed by atoms with Gasteiger partial charge in [0.1, 0.15) is 11.2 Å². The Labute approximate surface area is 137 Å². The molecule has 2 N–H and O–H groups in total. The molecule has 10 aliphatic carbocycles. The third kappa shape index (κ3) is 0.532. The largest absolute Gasteiger partial charge is 0.386 e. The molecule has 2 spiro atoms. The lowest BCUT2D eigenvalue weighted by Gasteiger charge is -2.51. The van der Waals surface area contributed by atoms with Crippen LogP contribution in [0.4, 0.5) is 0 Å². The molecule has 0 aromatic carbocycles. The van der Waals surface area contributed by atoms with Crippen molar-refractivity contribution >= 4 is 0 Å². The van der Waals surface area contributed by atoms with Crippen molar-refractivity contribution in [2.75, 3.05) is 0 Å². The zero-order chi connectivity index (χ0) is 14.9. The maximum Gasteiger partial charge on any atom is 0.106 e. The van der Waals surface area contributed by atoms with E-state index in [-0.39, 0.29) is 16.2 Å². The number of hydrogen-bond acceptors (Lipinski definition) is 2. The van der Waals surface area contributed by atoms with Crippen molar-refractivity contribution < 1.29 is 10.2 Å². The Morgan fingerprint density at radius 2 is 1.52 bits per heavy atom. The van der Waals surface area contributed by atoms with E-state index in [9.17, 15) is 10.2 Å². The van der Waals surface area contributed by atoms with Crippen LogP contribution in [0.5, 0.6) is 0 Å². The molecule has 0 aliphatic heterocycles. The molecular weight excluding hydrogens is 284 g/mol. The molecule has 0 saturated heterocycles. The highest BCUT2D eigenvalue weighted by Crippen LogP contribution is 3.07. The van der Waals surface area contributed by atoms with Gasteiger partial charge in [-0.2, -0.15) is 0 Å². The predicted octanol–water partition coefficient (Wildman–Crippen LogP) is 2.44. The molecule has 0 radical (unpaired) electrons. The van der Waals surface area contributed by atoms with Crippen molar-refractivity contribution in [3.8, 4) is 0 Å². The first kappa shape index (κ1) is 11.5. The van der Waals surface area contributed by atoms with Crippen molar-refractivity contribution in [1.82, 2.24) is 0 Å². The molecule has 10 rings (SSSR count). The molecule has 10 saturated carbocycles. The van der Waals surface area contributed by atoms with Crippen molar-refractivity contribution in [3.05, 3.63) is 0 Å². The topological polar surface area (TPSA) is 40.5 Å². The van der Waals surface area contributed by atoms with Crippen LogP contribution in [-0.4, -0.2) is 21.4 Å². The van der Waals surface area contributed by atoms with Gasteiger partial charge in [-0.25, -0.2) is 0 Å². The van der Waals surface area contributed by atoms with Crippen LogP contribution < -0.4 is 0 Å². The maximum atomic E-state index is 12.6. The Balaban J connectivity index is 1.55. The van der Waals surface area contributed by atoms with Crippen LogP contribution in [0.25, 0.3) is 0 Å². The van der Waals surface area contributed by atoms with E-state index in [2.05, 4.69) is 6.92 Å². The fourth-order valence-corrected chi connectivity index (χ4v) is 14.4. The Hall–Kier alpha value is -0.0800. The Kier molecular flexibility index (Phi) is 1.21. The molecule has 10 fully saturated rings. The summed E-state index contributed by atoms with van der Waals surface area (Å²) in [5, 5.41) is 25.1. The van der Waals surface area contributed by atoms with E-state index in [0.717, 1.165) is 35.5 Å². The van der Waals surface area contributed by atoms with Crippen molar-refractivity contribution in [2.24, 2.45) is 69.5 Å². The Morgan fingerprint density at radius 1 is 0.783 bits per heavy atom. The highest BCUT2D eigenvalue weighted by molar-refractivity contribution is 5.58. The molecular formula is C21H26O2. The normalized spacial score (nSPS) is 90.7. The highest BCUT2D eigenvalue weighted by Gasteiger charge is 3.10. The Bertz CT molecular complexity index is 761. The average molecular weight is 310 g/mol. The first-order valence-electron chi connectivity index (χ1n) is 10.5. The van der Waals surface area contributed by atoms with Crippen molar-refractivity contribution in [1.29, 1.82) is 0 Å². The molecule has 0 heterocycles. The van der Waals surface area contributed by atoms with Crippen LogP contribution in [-0.2, 0) is 0 Å². The van der Waals surface area contributed by atoms with Gasteiger partial charge in [-0.05, 0) is 78.9 Å². The minimum atomic E-state index is -0.710. The van der Waals surface area contributed by atoms with Crippen LogP contribution >= 0.6 is 0 Å². The first-order chi connectivity index (χ1) is 11.0. The molecule has 2 nitrogen and oxygen atoms in total. The van der Waals surface area contributed by atoms with E-state index in [4.69, 9.17) is 0 Å². The van der Waals surface area contributed by atoms with Crippen molar-refractivity contribution in [3.63, 3.8) is 0 Å². The van der Waals surface area contributed by atoms with Crippen LogP contribution in [0, 0.1) is 69.5 Å². The van der Waals surface area contributed by atoms with Gasteiger partial charge >= 0.3 is 0 Å². The molecule has 122 valence electrons. The van der Waals surface area contributed by atoms with Gasteiger partial charge in [0.25, 0.3) is 0 Å². The second-order valence-corrected chi connectivity index (χ2v) is 11.6. The van der Waals surface area contributed by atoms with Gasteiger partial charge < -0.3 is 10.2 Å². The predicted molar refractivity (Wildman–Crippen MR) is 82.0 cm³/mol. The SMILES string of the molecule is C[C@@]12[C@H]3[C@H]4[C@@H]5[C@H]6[C@H]7[C@H]4[C@@]4(CCC[C@H]34)[C@]1(O)[C@@]7(O)[C@@]1(CCC[C@H]61)[C@H]52. The zero-order valence-corrected chi connectivity index (χ0v) is 13.8. The van der Waals surface area contributed by atoms with E-state index < -0.39 is 11.2 Å². The number of aliphatic hydroxyl groups is 2. The van der Waals surface area contributed by atoms with Crippen LogP contribution in [0.1, 0.15) is 45.4 Å². The molecule has 0 unspecified atom stereocenters. The van der Waals surface area contributed by atoms with E-state index in [1.54, 1.807) is 0 Å². The molecule has 4 bridgehead atoms. The van der Waals surface area contributed by atoms with E-state index in [1.165, 1.54) is 38.5 Å². The number of hydrogen-bond donors (Lipinski definition) is 2. The quantitative estimate of drug-likeness (QED) is 0.721. The van der Waals surface area contributed by atoms with Crippen LogP contribution in [0.3, 0.4) is 0 Å². The lowest BCUT2D eigenvalue weighted by Crippen LogP contribution is -2.64. The molecule has 0 aromatic heterocycles. The summed E-state index contributed by atoms with van der Waals surface area (Å²) in [6.45, 7) is 2.48. The van der Waals surface area contributed by atoms with Gasteiger partial charge in [-0.15, -0.1) is 0 Å². The standard InChI is InChI=1S/C21H26O2/c1-17-13-9-5-3-6-18(9)14-12(13)11-10-8-4-2-7-19(8,16(11)17)20(22,15(10)14)21(17,18)23/h8-16,22-23H,2-7H2,1H3/t8-,9-,10+,11+,12-,13-,14+,15+,16-,17+,18+,19-,20+,21+/m1/s1. The zero-order valence-electron chi connectivity index (χ0n) is 13.8. The van der Waals surface area contributed by atoms with E-state index in [0.29, 0.717) is 17.8 Å². The summed E-state index contributed by atoms with van der Waals surface area (Å²) in [6, 6.07) is 0. The van der Waals surface area contributed by atoms with Gasteiger partial charge in [0.05, 0.1) is 0 Å². The van der Waals surface area contributed by atoms with Gasteiger partial charge in [-0.3, -0.25) is 0 Å². The fraction of sp³-hybridized carbons (Fsp3) is 1.00. The average Bonchev–Trinajstić information content (AvgIpc) is 3.26. The van der Waals surface area contributed by atoms with Crippen LogP contribution in [0.2, 0.25) is 0 Å². The Morgan fingerprint density at radius 3 is 2.35 bits per heavy atom. The first-order valence-corrected chi connectivity index (χ1v) is 10.5. The molecule has 23 heavy (non-hydrogen) atoms. The number of rotatable bonds is 0. The molecule has 14 atom stereocenters. The summed E-state index contributed by atoms with van der Waals surface area (Å²) in [7, 11) is 0. The summed E-state index contributed by atoms with van der Waals surface area (Å²) < 4.78 is 0.